The van der Waals surface area contributed by atoms with Crippen molar-refractivity contribution >= 4 is 11.9 Å². The van der Waals surface area contributed by atoms with E-state index in [4.69, 9.17) is 4.74 Å². The van der Waals surface area contributed by atoms with Gasteiger partial charge >= 0.3 is 5.97 Å². The van der Waals surface area contributed by atoms with Gasteiger partial charge in [-0.3, -0.25) is 9.59 Å². The minimum atomic E-state index is -0.664. The van der Waals surface area contributed by atoms with E-state index in [0.29, 0.717) is 25.9 Å². The number of rotatable bonds is 82. The first kappa shape index (κ1) is 91.3. The summed E-state index contributed by atoms with van der Waals surface area (Å²) in [5, 5.41) is 23.5. The van der Waals surface area contributed by atoms with Gasteiger partial charge in [-0.2, -0.15) is 0 Å². The van der Waals surface area contributed by atoms with Crippen LogP contribution >= 0.6 is 0 Å². The van der Waals surface area contributed by atoms with E-state index in [1.807, 2.05) is 0 Å². The van der Waals surface area contributed by atoms with E-state index >= 15 is 0 Å². The summed E-state index contributed by atoms with van der Waals surface area (Å²) in [6, 6.07) is -0.541. The van der Waals surface area contributed by atoms with E-state index in [1.54, 1.807) is 0 Å². The lowest BCUT2D eigenvalue weighted by Gasteiger charge is -2.22. The summed E-state index contributed by atoms with van der Waals surface area (Å²) in [4.78, 5) is 24.7. The maximum Gasteiger partial charge on any atom is 0.305 e. The average molecular weight is 1310 g/mol. The molecule has 0 aliphatic carbocycles. The number of nitrogens with one attached hydrogen (secondary N) is 1. The van der Waals surface area contributed by atoms with E-state index in [9.17, 15) is 19.8 Å². The van der Waals surface area contributed by atoms with Crippen LogP contribution in [0.25, 0.3) is 0 Å². The quantitative estimate of drug-likeness (QED) is 0.0320. The molecule has 0 spiro atoms. The largest absolute Gasteiger partial charge is 0.466 e. The monoisotopic (exact) mass is 1310 g/mol. The Morgan fingerprint density at radius 3 is 0.817 bits per heavy atom. The highest BCUT2D eigenvalue weighted by atomic mass is 16.5. The smallest absolute Gasteiger partial charge is 0.305 e. The van der Waals surface area contributed by atoms with Crippen LogP contribution in [0.1, 0.15) is 495 Å². The van der Waals surface area contributed by atoms with Crippen molar-refractivity contribution in [3.05, 3.63) is 24.3 Å². The van der Waals surface area contributed by atoms with Crippen LogP contribution in [0.4, 0.5) is 0 Å². The summed E-state index contributed by atoms with van der Waals surface area (Å²) in [5.74, 6) is -0.00407. The Balaban J connectivity index is 3.36. The predicted octanol–water partition coefficient (Wildman–Crippen LogP) is 28.8. The van der Waals surface area contributed by atoms with Gasteiger partial charge in [-0.1, -0.05) is 449 Å². The molecule has 552 valence electrons. The van der Waals surface area contributed by atoms with E-state index in [1.165, 1.54) is 417 Å². The molecular weight excluding hydrogens is 1140 g/mol. The number of amides is 1. The maximum absolute atomic E-state index is 12.6. The van der Waals surface area contributed by atoms with Crippen LogP contribution in [-0.4, -0.2) is 47.4 Å². The zero-order valence-corrected chi connectivity index (χ0v) is 63.5. The number of aliphatic hydroxyl groups is 2. The van der Waals surface area contributed by atoms with E-state index < -0.39 is 12.1 Å². The van der Waals surface area contributed by atoms with Crippen LogP contribution in [0.5, 0.6) is 0 Å². The molecule has 0 aliphatic heterocycles. The van der Waals surface area contributed by atoms with Crippen LogP contribution < -0.4 is 5.32 Å². The Labute approximate surface area is 583 Å². The van der Waals surface area contributed by atoms with Crippen molar-refractivity contribution in [3.63, 3.8) is 0 Å². The van der Waals surface area contributed by atoms with Crippen molar-refractivity contribution in [1.82, 2.24) is 5.32 Å². The lowest BCUT2D eigenvalue weighted by atomic mass is 10.0. The number of hydrogen-bond donors (Lipinski definition) is 3. The van der Waals surface area contributed by atoms with E-state index in [-0.39, 0.29) is 18.5 Å². The molecule has 6 nitrogen and oxygen atoms in total. The average Bonchev–Trinajstić information content (AvgIpc) is 3.78. The summed E-state index contributed by atoms with van der Waals surface area (Å²) in [5.41, 5.74) is 0. The molecule has 0 bridgehead atoms. The standard InChI is InChI=1S/C87H169NO5/c1-3-5-7-9-11-13-15-17-19-21-23-24-38-41-44-47-51-55-59-63-67-71-75-79-85(90)84(83-89)88-86(91)80-76-72-68-64-60-56-52-48-45-42-39-36-34-32-30-28-26-25-27-29-31-33-35-37-40-43-46-50-54-58-62-66-70-74-78-82-93-87(92)81-77-73-69-65-61-57-53-49-22-20-18-16-14-12-10-8-6-4-2/h27,29,33,35,84-85,89-90H,3-26,28,30-32,34,36-83H2,1-2H3,(H,88,91)/b29-27-,35-33-. The summed E-state index contributed by atoms with van der Waals surface area (Å²) in [6.45, 7) is 5.02. The highest BCUT2D eigenvalue weighted by molar-refractivity contribution is 5.76. The van der Waals surface area contributed by atoms with Crippen molar-refractivity contribution in [3.8, 4) is 0 Å². The zero-order valence-electron chi connectivity index (χ0n) is 63.5. The summed E-state index contributed by atoms with van der Waals surface area (Å²) in [6.07, 6.45) is 107. The number of unbranched alkanes of at least 4 members (excludes halogenated alkanes) is 67. The Morgan fingerprint density at radius 2 is 0.538 bits per heavy atom. The Hall–Kier alpha value is -1.66. The summed E-state index contributed by atoms with van der Waals surface area (Å²) >= 11 is 0. The molecule has 0 radical (unpaired) electrons. The third kappa shape index (κ3) is 79.2. The van der Waals surface area contributed by atoms with Gasteiger partial charge in [0.05, 0.1) is 25.4 Å². The van der Waals surface area contributed by atoms with Gasteiger partial charge in [0.15, 0.2) is 0 Å². The third-order valence-corrected chi connectivity index (χ3v) is 20.5. The first-order valence-electron chi connectivity index (χ1n) is 43.1. The van der Waals surface area contributed by atoms with Crippen LogP contribution in [-0.2, 0) is 14.3 Å². The second kappa shape index (κ2) is 82.8. The lowest BCUT2D eigenvalue weighted by Crippen LogP contribution is -2.45. The molecule has 0 aliphatic rings. The first-order chi connectivity index (χ1) is 46.0. The number of allylic oxidation sites excluding steroid dienone is 4. The van der Waals surface area contributed by atoms with Crippen molar-refractivity contribution < 1.29 is 24.5 Å². The number of hydrogen-bond acceptors (Lipinski definition) is 5. The van der Waals surface area contributed by atoms with E-state index in [0.717, 1.165) is 44.9 Å². The van der Waals surface area contributed by atoms with Crippen molar-refractivity contribution in [2.45, 2.75) is 508 Å². The van der Waals surface area contributed by atoms with E-state index in [2.05, 4.69) is 43.5 Å². The molecule has 0 heterocycles. The molecule has 0 rings (SSSR count). The van der Waals surface area contributed by atoms with Gasteiger partial charge in [0, 0.05) is 12.8 Å². The summed E-state index contributed by atoms with van der Waals surface area (Å²) < 4.78 is 5.52. The van der Waals surface area contributed by atoms with Crippen molar-refractivity contribution in [2.24, 2.45) is 0 Å². The lowest BCUT2D eigenvalue weighted by molar-refractivity contribution is -0.143. The molecule has 2 unspecified atom stereocenters. The maximum atomic E-state index is 12.6. The zero-order chi connectivity index (χ0) is 67.0. The van der Waals surface area contributed by atoms with Crippen molar-refractivity contribution in [2.75, 3.05) is 13.2 Å². The fourth-order valence-corrected chi connectivity index (χ4v) is 14.0. The van der Waals surface area contributed by atoms with Gasteiger partial charge in [0.2, 0.25) is 5.91 Å². The number of carbonyl (C=O) groups excluding carboxylic acids is 2. The van der Waals surface area contributed by atoms with Crippen LogP contribution in [0.2, 0.25) is 0 Å². The second-order valence-corrected chi connectivity index (χ2v) is 29.9. The highest BCUT2D eigenvalue weighted by Gasteiger charge is 2.20. The minimum absolute atomic E-state index is 0.0225. The number of ether oxygens (including phenoxy) is 1. The third-order valence-electron chi connectivity index (χ3n) is 20.5. The molecule has 0 aromatic heterocycles. The minimum Gasteiger partial charge on any atom is -0.466 e. The normalized spacial score (nSPS) is 12.5. The molecule has 3 N–H and O–H groups in total. The highest BCUT2D eigenvalue weighted by Crippen LogP contribution is 2.21. The molecule has 93 heavy (non-hydrogen) atoms. The molecule has 0 aromatic rings. The number of aliphatic hydroxyl groups excluding tert-OH is 2. The van der Waals surface area contributed by atoms with Crippen LogP contribution in [0.15, 0.2) is 24.3 Å². The molecule has 1 amide bonds. The second-order valence-electron chi connectivity index (χ2n) is 29.9. The summed E-state index contributed by atoms with van der Waals surface area (Å²) in [7, 11) is 0. The molecule has 0 aromatic carbocycles. The number of carbonyl (C=O) groups is 2. The van der Waals surface area contributed by atoms with Gasteiger partial charge in [0.1, 0.15) is 0 Å². The topological polar surface area (TPSA) is 95.9 Å². The van der Waals surface area contributed by atoms with Gasteiger partial charge in [-0.25, -0.2) is 0 Å². The molecule has 2 atom stereocenters. The Bertz CT molecular complexity index is 1460. The molecule has 6 heteroatoms. The fraction of sp³-hybridized carbons (Fsp3) is 0.931. The van der Waals surface area contributed by atoms with Gasteiger partial charge in [-0.15, -0.1) is 0 Å². The molecule has 0 saturated heterocycles. The molecule has 0 saturated carbocycles. The Kier molecular flexibility index (Phi) is 81.3. The SMILES string of the molecule is CCCCCCCCCCCCCCCCCCCCCCCCCC(O)C(CO)NC(=O)CCCCCCCCCCCCCCCCCCC/C=C\C/C=C\CCCCCCCCCCCCCOC(=O)CCCCCCCCCCCCCCCCCCCC. The first-order valence-corrected chi connectivity index (χ1v) is 43.1. The molecule has 0 fully saturated rings. The van der Waals surface area contributed by atoms with Crippen LogP contribution in [0.3, 0.4) is 0 Å². The van der Waals surface area contributed by atoms with Gasteiger partial charge in [0.25, 0.3) is 0 Å². The fourth-order valence-electron chi connectivity index (χ4n) is 14.0. The van der Waals surface area contributed by atoms with Gasteiger partial charge < -0.3 is 20.3 Å². The van der Waals surface area contributed by atoms with Gasteiger partial charge in [-0.05, 0) is 57.8 Å². The molecular formula is C87H169NO5. The Morgan fingerprint density at radius 1 is 0.301 bits per heavy atom. The predicted molar refractivity (Wildman–Crippen MR) is 412 cm³/mol. The van der Waals surface area contributed by atoms with Crippen molar-refractivity contribution in [1.29, 1.82) is 0 Å². The van der Waals surface area contributed by atoms with Crippen LogP contribution in [0, 0.1) is 0 Å². The number of esters is 1.